The molecule has 2 aromatic carbocycles. The van der Waals surface area contributed by atoms with Crippen LogP contribution < -0.4 is 4.90 Å². The first-order valence-electron chi connectivity index (χ1n) is 11.8. The Morgan fingerprint density at radius 3 is 2.54 bits per heavy atom. The number of carbonyl (C=O) groups is 2. The number of amides is 1. The van der Waals surface area contributed by atoms with E-state index in [2.05, 4.69) is 0 Å². The first-order chi connectivity index (χ1) is 17.8. The first kappa shape index (κ1) is 26.0. The lowest BCUT2D eigenvalue weighted by Crippen LogP contribution is -2.48. The molecule has 0 saturated carbocycles. The molecule has 3 aromatic rings. The van der Waals surface area contributed by atoms with Gasteiger partial charge in [0.05, 0.1) is 17.1 Å². The SMILES string of the molecule is CCOC(=O)c1ccc(N2CCN(C(=O)/C=C/c3ccc(-c4ccc(C)c(Cl)c4)o3)CC2)c([N+](=O)[O-])c1. The Hall–Kier alpha value is -4.11. The highest BCUT2D eigenvalue weighted by Gasteiger charge is 2.26. The molecule has 1 fully saturated rings. The van der Waals surface area contributed by atoms with Gasteiger partial charge in [0.25, 0.3) is 5.69 Å². The predicted molar refractivity (Wildman–Crippen MR) is 141 cm³/mol. The number of hydrogen-bond acceptors (Lipinski definition) is 7. The van der Waals surface area contributed by atoms with Gasteiger partial charge in [-0.25, -0.2) is 4.79 Å². The summed E-state index contributed by atoms with van der Waals surface area (Å²) in [5, 5.41) is 12.3. The predicted octanol–water partition coefficient (Wildman–Crippen LogP) is 5.36. The van der Waals surface area contributed by atoms with Gasteiger partial charge >= 0.3 is 5.97 Å². The standard InChI is InChI=1S/C27H26ClN3O6/c1-3-36-27(33)20-6-9-23(24(17-20)31(34)35)29-12-14-30(15-13-29)26(32)11-8-21-7-10-25(37-21)19-5-4-18(2)22(28)16-19/h4-11,16-17H,3,12-15H2,1-2H3/b11-8+. The fraction of sp³-hybridized carbons (Fsp3) is 0.259. The lowest BCUT2D eigenvalue weighted by Gasteiger charge is -2.35. The molecule has 0 bridgehead atoms. The van der Waals surface area contributed by atoms with E-state index in [1.807, 2.05) is 36.1 Å². The van der Waals surface area contributed by atoms with Gasteiger partial charge in [0.1, 0.15) is 17.2 Å². The molecule has 1 amide bonds. The van der Waals surface area contributed by atoms with E-state index >= 15 is 0 Å². The monoisotopic (exact) mass is 523 g/mol. The highest BCUT2D eigenvalue weighted by Crippen LogP contribution is 2.31. The van der Waals surface area contributed by atoms with Crippen molar-refractivity contribution in [2.75, 3.05) is 37.7 Å². The second-order valence-electron chi connectivity index (χ2n) is 8.49. The highest BCUT2D eigenvalue weighted by molar-refractivity contribution is 6.31. The van der Waals surface area contributed by atoms with Crippen LogP contribution in [0.3, 0.4) is 0 Å². The van der Waals surface area contributed by atoms with E-state index in [0.29, 0.717) is 48.4 Å². The van der Waals surface area contributed by atoms with Crippen molar-refractivity contribution in [3.8, 4) is 11.3 Å². The summed E-state index contributed by atoms with van der Waals surface area (Å²) in [6, 6.07) is 13.6. The van der Waals surface area contributed by atoms with E-state index in [4.69, 9.17) is 20.8 Å². The van der Waals surface area contributed by atoms with E-state index in [1.54, 1.807) is 30.0 Å². The molecule has 0 N–H and O–H groups in total. The number of ether oxygens (including phenoxy) is 1. The van der Waals surface area contributed by atoms with Crippen LogP contribution in [0.15, 0.2) is 59.0 Å². The van der Waals surface area contributed by atoms with Crippen LogP contribution in [0.25, 0.3) is 17.4 Å². The smallest absolute Gasteiger partial charge is 0.338 e. The minimum Gasteiger partial charge on any atom is -0.462 e. The van der Waals surface area contributed by atoms with Crippen molar-refractivity contribution in [3.63, 3.8) is 0 Å². The zero-order valence-corrected chi connectivity index (χ0v) is 21.2. The average molecular weight is 524 g/mol. The second-order valence-corrected chi connectivity index (χ2v) is 8.90. The number of carbonyl (C=O) groups excluding carboxylic acids is 2. The third kappa shape index (κ3) is 6.00. The molecule has 0 unspecified atom stereocenters. The minimum atomic E-state index is -0.606. The summed E-state index contributed by atoms with van der Waals surface area (Å²) in [4.78, 5) is 39.4. The number of furan rings is 1. The van der Waals surface area contributed by atoms with Gasteiger partial charge in [0, 0.05) is 48.9 Å². The molecule has 2 heterocycles. The molecular formula is C27H26ClN3O6. The first-order valence-corrected chi connectivity index (χ1v) is 12.2. The number of rotatable bonds is 7. The van der Waals surface area contributed by atoms with E-state index in [-0.39, 0.29) is 23.8 Å². The summed E-state index contributed by atoms with van der Waals surface area (Å²) in [5.74, 6) is 0.406. The summed E-state index contributed by atoms with van der Waals surface area (Å²) >= 11 is 6.20. The van der Waals surface area contributed by atoms with E-state index in [0.717, 1.165) is 11.1 Å². The number of aryl methyl sites for hydroxylation is 1. The van der Waals surface area contributed by atoms with E-state index in [9.17, 15) is 19.7 Å². The van der Waals surface area contributed by atoms with E-state index in [1.165, 1.54) is 18.2 Å². The highest BCUT2D eigenvalue weighted by atomic mass is 35.5. The Morgan fingerprint density at radius 2 is 1.86 bits per heavy atom. The minimum absolute atomic E-state index is 0.128. The number of nitrogens with zero attached hydrogens (tertiary/aromatic N) is 3. The van der Waals surface area contributed by atoms with Gasteiger partial charge < -0.3 is 19.0 Å². The number of nitro benzene ring substituents is 1. The second kappa shape index (κ2) is 11.3. The Morgan fingerprint density at radius 1 is 1.11 bits per heavy atom. The summed E-state index contributed by atoms with van der Waals surface area (Å²) in [7, 11) is 0. The zero-order valence-electron chi connectivity index (χ0n) is 20.5. The number of hydrogen-bond donors (Lipinski definition) is 0. The number of benzene rings is 2. The molecule has 37 heavy (non-hydrogen) atoms. The zero-order chi connectivity index (χ0) is 26.5. The van der Waals surface area contributed by atoms with Crippen molar-refractivity contribution in [1.82, 2.24) is 4.90 Å². The fourth-order valence-corrected chi connectivity index (χ4v) is 4.23. The summed E-state index contributed by atoms with van der Waals surface area (Å²) in [5.41, 5.74) is 2.18. The maximum absolute atomic E-state index is 12.7. The van der Waals surface area contributed by atoms with Gasteiger partial charge in [0.15, 0.2) is 0 Å². The lowest BCUT2D eigenvalue weighted by molar-refractivity contribution is -0.384. The number of anilines is 1. The van der Waals surface area contributed by atoms with Crippen LogP contribution in [0.2, 0.25) is 5.02 Å². The van der Waals surface area contributed by atoms with Crippen LogP contribution in [-0.2, 0) is 9.53 Å². The molecule has 9 nitrogen and oxygen atoms in total. The Balaban J connectivity index is 1.38. The summed E-state index contributed by atoms with van der Waals surface area (Å²) in [6.07, 6.45) is 3.07. The molecule has 10 heteroatoms. The maximum Gasteiger partial charge on any atom is 0.338 e. The van der Waals surface area contributed by atoms with Crippen molar-refractivity contribution in [1.29, 1.82) is 0 Å². The third-order valence-corrected chi connectivity index (χ3v) is 6.50. The normalized spacial score (nSPS) is 13.7. The fourth-order valence-electron chi connectivity index (χ4n) is 4.05. The van der Waals surface area contributed by atoms with Crippen molar-refractivity contribution < 1.29 is 23.7 Å². The Labute approximate surface area is 219 Å². The van der Waals surface area contributed by atoms with Gasteiger partial charge in [0.2, 0.25) is 5.91 Å². The third-order valence-electron chi connectivity index (χ3n) is 6.09. The number of piperazine rings is 1. The molecule has 1 aromatic heterocycles. The number of nitro groups is 1. The van der Waals surface area contributed by atoms with Crippen LogP contribution in [0, 0.1) is 17.0 Å². The molecule has 4 rings (SSSR count). The molecule has 0 atom stereocenters. The van der Waals surface area contributed by atoms with Gasteiger partial charge in [-0.2, -0.15) is 0 Å². The van der Waals surface area contributed by atoms with Crippen LogP contribution in [0.1, 0.15) is 28.6 Å². The molecule has 192 valence electrons. The van der Waals surface area contributed by atoms with Gasteiger partial charge in [-0.3, -0.25) is 14.9 Å². The molecule has 0 aliphatic carbocycles. The van der Waals surface area contributed by atoms with Crippen molar-refractivity contribution in [3.05, 3.63) is 86.6 Å². The Bertz CT molecular complexity index is 1360. The number of esters is 1. The van der Waals surface area contributed by atoms with Crippen LogP contribution >= 0.6 is 11.6 Å². The lowest BCUT2D eigenvalue weighted by atomic mass is 10.1. The molecular weight excluding hydrogens is 498 g/mol. The summed E-state index contributed by atoms with van der Waals surface area (Å²) in [6.45, 7) is 5.40. The van der Waals surface area contributed by atoms with Crippen LogP contribution in [0.5, 0.6) is 0 Å². The Kier molecular flexibility index (Phi) is 7.93. The van der Waals surface area contributed by atoms with Gasteiger partial charge in [-0.05, 0) is 55.8 Å². The average Bonchev–Trinajstić information content (AvgIpc) is 3.38. The largest absolute Gasteiger partial charge is 0.462 e. The maximum atomic E-state index is 12.7. The topological polar surface area (TPSA) is 106 Å². The molecule has 1 aliphatic heterocycles. The van der Waals surface area contributed by atoms with Crippen molar-refractivity contribution in [2.45, 2.75) is 13.8 Å². The van der Waals surface area contributed by atoms with E-state index < -0.39 is 10.9 Å². The molecule has 1 aliphatic rings. The quantitative estimate of drug-likeness (QED) is 0.178. The van der Waals surface area contributed by atoms with Crippen LogP contribution in [-0.4, -0.2) is 54.5 Å². The molecule has 0 spiro atoms. The van der Waals surface area contributed by atoms with Crippen molar-refractivity contribution >= 4 is 40.9 Å². The van der Waals surface area contributed by atoms with Gasteiger partial charge in [-0.1, -0.05) is 23.7 Å². The number of halogens is 1. The summed E-state index contributed by atoms with van der Waals surface area (Å²) < 4.78 is 10.8. The van der Waals surface area contributed by atoms with Crippen LogP contribution in [0.4, 0.5) is 11.4 Å². The van der Waals surface area contributed by atoms with Gasteiger partial charge in [-0.15, -0.1) is 0 Å². The molecule has 0 radical (unpaired) electrons. The van der Waals surface area contributed by atoms with Crippen molar-refractivity contribution in [2.24, 2.45) is 0 Å². The molecule has 1 saturated heterocycles.